The summed E-state index contributed by atoms with van der Waals surface area (Å²) >= 11 is 5.16. The van der Waals surface area contributed by atoms with Crippen molar-refractivity contribution in [3.8, 4) is 17.0 Å². The van der Waals surface area contributed by atoms with Crippen LogP contribution in [0.3, 0.4) is 0 Å². The Morgan fingerprint density at radius 2 is 2.22 bits per heavy atom. The normalized spacial score (nSPS) is 10.3. The Bertz CT molecular complexity index is 595. The Hall–Kier alpha value is -1.75. The standard InChI is InChI=1S/C13H15N3OS/c1-3-4-17-11-5-10(6-14-7-11)12-9(2)13(18)16-8-15-12/h5-8H,3-4H2,1-2H3,(H,15,16,18). The first-order valence-corrected chi connectivity index (χ1v) is 6.25. The average Bonchev–Trinajstić information content (AvgIpc) is 2.40. The number of ether oxygens (including phenoxy) is 1. The van der Waals surface area contributed by atoms with Gasteiger partial charge in [0.05, 0.1) is 24.8 Å². The number of nitrogens with zero attached hydrogens (tertiary/aromatic N) is 2. The first-order chi connectivity index (χ1) is 8.72. The predicted molar refractivity (Wildman–Crippen MR) is 73.2 cm³/mol. The van der Waals surface area contributed by atoms with Crippen LogP contribution in [0.2, 0.25) is 0 Å². The van der Waals surface area contributed by atoms with Crippen molar-refractivity contribution >= 4 is 12.2 Å². The highest BCUT2D eigenvalue weighted by molar-refractivity contribution is 7.71. The summed E-state index contributed by atoms with van der Waals surface area (Å²) in [5.41, 5.74) is 2.83. The first kappa shape index (κ1) is 12.7. The second-order valence-electron chi connectivity index (χ2n) is 3.97. The maximum atomic E-state index is 5.57. The van der Waals surface area contributed by atoms with E-state index in [-0.39, 0.29) is 0 Å². The minimum Gasteiger partial charge on any atom is -0.492 e. The van der Waals surface area contributed by atoms with Crippen LogP contribution in [0.1, 0.15) is 18.9 Å². The van der Waals surface area contributed by atoms with E-state index in [1.54, 1.807) is 18.7 Å². The molecule has 0 aliphatic heterocycles. The van der Waals surface area contributed by atoms with Crippen molar-refractivity contribution in [1.82, 2.24) is 15.0 Å². The van der Waals surface area contributed by atoms with Crippen molar-refractivity contribution in [3.63, 3.8) is 0 Å². The molecule has 0 aliphatic rings. The number of rotatable bonds is 4. The van der Waals surface area contributed by atoms with Gasteiger partial charge in [0.1, 0.15) is 10.4 Å². The highest BCUT2D eigenvalue weighted by atomic mass is 32.1. The van der Waals surface area contributed by atoms with Crippen LogP contribution < -0.4 is 4.74 Å². The van der Waals surface area contributed by atoms with Crippen molar-refractivity contribution in [3.05, 3.63) is 35.0 Å². The molecule has 0 aromatic carbocycles. The third-order valence-electron chi connectivity index (χ3n) is 2.56. The summed E-state index contributed by atoms with van der Waals surface area (Å²) in [4.78, 5) is 11.3. The second kappa shape index (κ2) is 5.73. The molecule has 0 radical (unpaired) electrons. The van der Waals surface area contributed by atoms with Gasteiger partial charge in [-0.1, -0.05) is 19.1 Å². The molecule has 2 aromatic heterocycles. The fourth-order valence-corrected chi connectivity index (χ4v) is 1.78. The van der Waals surface area contributed by atoms with Crippen molar-refractivity contribution in [2.45, 2.75) is 20.3 Å². The lowest BCUT2D eigenvalue weighted by Crippen LogP contribution is -1.97. The highest BCUT2D eigenvalue weighted by Crippen LogP contribution is 2.23. The van der Waals surface area contributed by atoms with Gasteiger partial charge >= 0.3 is 0 Å². The second-order valence-corrected chi connectivity index (χ2v) is 4.35. The maximum absolute atomic E-state index is 5.57. The first-order valence-electron chi connectivity index (χ1n) is 5.85. The zero-order valence-corrected chi connectivity index (χ0v) is 11.3. The van der Waals surface area contributed by atoms with E-state index in [0.29, 0.717) is 11.2 Å². The summed E-state index contributed by atoms with van der Waals surface area (Å²) in [6, 6.07) is 1.95. The van der Waals surface area contributed by atoms with Gasteiger partial charge in [0.15, 0.2) is 0 Å². The fraction of sp³-hybridized carbons (Fsp3) is 0.308. The van der Waals surface area contributed by atoms with Crippen LogP contribution in [-0.2, 0) is 0 Å². The molecule has 1 N–H and O–H groups in total. The number of pyridine rings is 1. The van der Waals surface area contributed by atoms with Crippen LogP contribution >= 0.6 is 12.2 Å². The Balaban J connectivity index is 2.38. The summed E-state index contributed by atoms with van der Waals surface area (Å²) in [6.07, 6.45) is 6.07. The summed E-state index contributed by atoms with van der Waals surface area (Å²) in [7, 11) is 0. The number of H-pyrrole nitrogens is 1. The predicted octanol–water partition coefficient (Wildman–Crippen LogP) is 3.30. The van der Waals surface area contributed by atoms with Gasteiger partial charge in [-0.15, -0.1) is 0 Å². The van der Waals surface area contributed by atoms with Crippen LogP contribution in [0.25, 0.3) is 11.3 Å². The third kappa shape index (κ3) is 2.73. The number of aromatic amines is 1. The molecule has 2 rings (SSSR count). The molecule has 0 spiro atoms. The Labute approximate surface area is 111 Å². The number of hydrogen-bond acceptors (Lipinski definition) is 4. The van der Waals surface area contributed by atoms with Crippen LogP contribution in [0.15, 0.2) is 24.8 Å². The van der Waals surface area contributed by atoms with Gasteiger partial charge in [0.25, 0.3) is 0 Å². The van der Waals surface area contributed by atoms with Gasteiger partial charge in [0, 0.05) is 17.3 Å². The molecule has 2 aromatic rings. The van der Waals surface area contributed by atoms with E-state index < -0.39 is 0 Å². The number of nitrogens with one attached hydrogen (secondary N) is 1. The average molecular weight is 261 g/mol. The molecule has 0 saturated heterocycles. The van der Waals surface area contributed by atoms with Gasteiger partial charge in [-0.25, -0.2) is 4.98 Å². The van der Waals surface area contributed by atoms with E-state index >= 15 is 0 Å². The molecular formula is C13H15N3OS. The molecule has 4 nitrogen and oxygen atoms in total. The van der Waals surface area contributed by atoms with Gasteiger partial charge in [-0.2, -0.15) is 0 Å². The van der Waals surface area contributed by atoms with Crippen molar-refractivity contribution in [2.24, 2.45) is 0 Å². The number of aromatic nitrogens is 3. The van der Waals surface area contributed by atoms with Crippen LogP contribution in [-0.4, -0.2) is 21.6 Å². The highest BCUT2D eigenvalue weighted by Gasteiger charge is 2.05. The molecule has 5 heteroatoms. The van der Waals surface area contributed by atoms with Gasteiger partial charge in [-0.3, -0.25) is 4.98 Å². The Kier molecular flexibility index (Phi) is 4.04. The van der Waals surface area contributed by atoms with E-state index in [4.69, 9.17) is 17.0 Å². The van der Waals surface area contributed by atoms with E-state index in [9.17, 15) is 0 Å². The Morgan fingerprint density at radius 1 is 1.39 bits per heavy atom. The monoisotopic (exact) mass is 261 g/mol. The molecule has 0 amide bonds. The summed E-state index contributed by atoms with van der Waals surface area (Å²) in [5.74, 6) is 0.768. The fourth-order valence-electron chi connectivity index (χ4n) is 1.62. The lowest BCUT2D eigenvalue weighted by atomic mass is 10.1. The quantitative estimate of drug-likeness (QED) is 0.858. The smallest absolute Gasteiger partial charge is 0.138 e. The van der Waals surface area contributed by atoms with E-state index in [2.05, 4.69) is 21.9 Å². The molecule has 94 valence electrons. The van der Waals surface area contributed by atoms with Gasteiger partial charge in [0.2, 0.25) is 0 Å². The summed E-state index contributed by atoms with van der Waals surface area (Å²) in [5, 5.41) is 0. The molecule has 0 atom stereocenters. The largest absolute Gasteiger partial charge is 0.492 e. The van der Waals surface area contributed by atoms with Crippen molar-refractivity contribution in [2.75, 3.05) is 6.61 Å². The zero-order chi connectivity index (χ0) is 13.0. The zero-order valence-electron chi connectivity index (χ0n) is 10.4. The van der Waals surface area contributed by atoms with Gasteiger partial charge in [-0.05, 0) is 19.4 Å². The SMILES string of the molecule is CCCOc1cncc(-c2[nH]cnc(=S)c2C)c1. The molecule has 0 unspecified atom stereocenters. The van der Waals surface area contributed by atoms with E-state index in [0.717, 1.165) is 29.0 Å². The van der Waals surface area contributed by atoms with Gasteiger partial charge < -0.3 is 9.72 Å². The van der Waals surface area contributed by atoms with E-state index in [1.807, 2.05) is 13.0 Å². The molecule has 0 saturated carbocycles. The maximum Gasteiger partial charge on any atom is 0.138 e. The molecule has 2 heterocycles. The topological polar surface area (TPSA) is 50.8 Å². The molecule has 18 heavy (non-hydrogen) atoms. The molecule has 0 bridgehead atoms. The van der Waals surface area contributed by atoms with Crippen LogP contribution in [0, 0.1) is 11.6 Å². The van der Waals surface area contributed by atoms with E-state index in [1.165, 1.54) is 0 Å². The number of hydrogen-bond donors (Lipinski definition) is 1. The lowest BCUT2D eigenvalue weighted by Gasteiger charge is -2.08. The van der Waals surface area contributed by atoms with Crippen molar-refractivity contribution < 1.29 is 4.74 Å². The summed E-state index contributed by atoms with van der Waals surface area (Å²) in [6.45, 7) is 4.71. The molecule has 0 fully saturated rings. The minimum absolute atomic E-state index is 0.601. The Morgan fingerprint density at radius 3 is 3.00 bits per heavy atom. The molecular weight excluding hydrogens is 246 g/mol. The summed E-state index contributed by atoms with van der Waals surface area (Å²) < 4.78 is 6.17. The van der Waals surface area contributed by atoms with Crippen LogP contribution in [0.5, 0.6) is 5.75 Å². The van der Waals surface area contributed by atoms with Crippen LogP contribution in [0.4, 0.5) is 0 Å². The lowest BCUT2D eigenvalue weighted by molar-refractivity contribution is 0.316. The minimum atomic E-state index is 0.601. The third-order valence-corrected chi connectivity index (χ3v) is 2.97. The molecule has 0 aliphatic carbocycles. The van der Waals surface area contributed by atoms with Crippen molar-refractivity contribution in [1.29, 1.82) is 0 Å².